The number of methoxy groups -OCH3 is 1. The largest absolute Gasteiger partial charge is 0.409 e. The highest BCUT2D eigenvalue weighted by molar-refractivity contribution is 9.10. The number of benzene rings is 1. The molecule has 0 aliphatic heterocycles. The molecule has 21 heavy (non-hydrogen) atoms. The Morgan fingerprint density at radius 2 is 2.19 bits per heavy atom. The molecule has 0 aromatic heterocycles. The number of aryl methyl sites for hydroxylation is 1. The first-order chi connectivity index (χ1) is 9.99. The lowest BCUT2D eigenvalue weighted by Crippen LogP contribution is -2.36. The molecule has 0 atom stereocenters. The zero-order chi connectivity index (χ0) is 15.8. The molecular weight excluding hydrogens is 338 g/mol. The number of nitrogens with zero attached hydrogens (tertiary/aromatic N) is 2. The third kappa shape index (κ3) is 5.35. The van der Waals surface area contributed by atoms with Crippen LogP contribution in [0.4, 0.5) is 0 Å². The van der Waals surface area contributed by atoms with Crippen molar-refractivity contribution in [3.8, 4) is 0 Å². The standard InChI is InChI=1S/C14H20BrN3O3/c1-10-9-11(15)3-4-12(10)14(19)18(7-8-21-2)6-5-13(16)17-20/h3-4,9,20H,5-8H2,1-2H3,(H2,16,17). The number of carbonyl (C=O) groups excluding carboxylic acids is 1. The first kappa shape index (κ1) is 17.5. The SMILES string of the molecule is COCCN(CCC(N)=NO)C(=O)c1ccc(Br)cc1C. The fraction of sp³-hybridized carbons (Fsp3) is 0.429. The van der Waals surface area contributed by atoms with Crippen molar-refractivity contribution in [2.45, 2.75) is 13.3 Å². The van der Waals surface area contributed by atoms with Crippen molar-refractivity contribution in [1.29, 1.82) is 0 Å². The van der Waals surface area contributed by atoms with Crippen LogP contribution in [-0.4, -0.2) is 48.7 Å². The second-order valence-electron chi connectivity index (χ2n) is 4.59. The van der Waals surface area contributed by atoms with E-state index < -0.39 is 0 Å². The van der Waals surface area contributed by atoms with Gasteiger partial charge in [0.15, 0.2) is 0 Å². The predicted octanol–water partition coefficient (Wildman–Crippen LogP) is 1.98. The van der Waals surface area contributed by atoms with Gasteiger partial charge in [-0.3, -0.25) is 4.79 Å². The van der Waals surface area contributed by atoms with Gasteiger partial charge < -0.3 is 20.6 Å². The fourth-order valence-corrected chi connectivity index (χ4v) is 2.33. The summed E-state index contributed by atoms with van der Waals surface area (Å²) in [4.78, 5) is 14.2. The zero-order valence-corrected chi connectivity index (χ0v) is 13.8. The number of carbonyl (C=O) groups is 1. The van der Waals surface area contributed by atoms with E-state index in [4.69, 9.17) is 15.7 Å². The highest BCUT2D eigenvalue weighted by atomic mass is 79.9. The highest BCUT2D eigenvalue weighted by Crippen LogP contribution is 2.17. The fourth-order valence-electron chi connectivity index (χ4n) is 1.85. The number of hydrogen-bond donors (Lipinski definition) is 2. The molecule has 1 rings (SSSR count). The van der Waals surface area contributed by atoms with Gasteiger partial charge in [-0.1, -0.05) is 21.1 Å². The monoisotopic (exact) mass is 357 g/mol. The van der Waals surface area contributed by atoms with E-state index in [-0.39, 0.29) is 11.7 Å². The van der Waals surface area contributed by atoms with Gasteiger partial charge in [0, 0.05) is 36.7 Å². The van der Waals surface area contributed by atoms with Crippen LogP contribution in [0.5, 0.6) is 0 Å². The van der Waals surface area contributed by atoms with Gasteiger partial charge in [0.2, 0.25) is 0 Å². The molecular formula is C14H20BrN3O3. The van der Waals surface area contributed by atoms with Crippen LogP contribution in [-0.2, 0) is 4.74 Å². The van der Waals surface area contributed by atoms with E-state index in [1.807, 2.05) is 19.1 Å². The minimum Gasteiger partial charge on any atom is -0.409 e. The van der Waals surface area contributed by atoms with Crippen LogP contribution in [0.2, 0.25) is 0 Å². The van der Waals surface area contributed by atoms with Gasteiger partial charge in [-0.15, -0.1) is 0 Å². The van der Waals surface area contributed by atoms with Gasteiger partial charge in [-0.25, -0.2) is 0 Å². The minimum absolute atomic E-state index is 0.0946. The number of halogens is 1. The molecule has 6 nitrogen and oxygen atoms in total. The van der Waals surface area contributed by atoms with Gasteiger partial charge in [0.25, 0.3) is 5.91 Å². The molecule has 1 aromatic carbocycles. The lowest BCUT2D eigenvalue weighted by molar-refractivity contribution is 0.0700. The second-order valence-corrected chi connectivity index (χ2v) is 5.50. The minimum atomic E-state index is -0.0946. The van der Waals surface area contributed by atoms with E-state index in [0.29, 0.717) is 31.7 Å². The van der Waals surface area contributed by atoms with E-state index in [9.17, 15) is 4.79 Å². The van der Waals surface area contributed by atoms with Gasteiger partial charge in [0.1, 0.15) is 5.84 Å². The van der Waals surface area contributed by atoms with Crippen LogP contribution < -0.4 is 5.73 Å². The summed E-state index contributed by atoms with van der Waals surface area (Å²) in [6.45, 7) is 3.13. The van der Waals surface area contributed by atoms with E-state index in [0.717, 1.165) is 10.0 Å². The molecule has 0 aliphatic carbocycles. The van der Waals surface area contributed by atoms with Gasteiger partial charge in [-0.2, -0.15) is 0 Å². The van der Waals surface area contributed by atoms with E-state index in [1.54, 1.807) is 18.1 Å². The van der Waals surface area contributed by atoms with Crippen molar-refractivity contribution in [2.75, 3.05) is 26.8 Å². The Labute approximate surface area is 132 Å². The Morgan fingerprint density at radius 1 is 1.48 bits per heavy atom. The quantitative estimate of drug-likeness (QED) is 0.338. The number of ether oxygens (including phenoxy) is 1. The maximum absolute atomic E-state index is 12.6. The van der Waals surface area contributed by atoms with Crippen LogP contribution >= 0.6 is 15.9 Å². The summed E-state index contributed by atoms with van der Waals surface area (Å²) in [6.07, 6.45) is 0.307. The average Bonchev–Trinajstić information content (AvgIpc) is 2.46. The third-order valence-electron chi connectivity index (χ3n) is 3.04. The molecule has 0 aliphatic rings. The lowest BCUT2D eigenvalue weighted by Gasteiger charge is -2.23. The maximum atomic E-state index is 12.6. The van der Waals surface area contributed by atoms with Gasteiger partial charge >= 0.3 is 0 Å². The summed E-state index contributed by atoms with van der Waals surface area (Å²) in [5.74, 6) is 0.000495. The molecule has 0 fully saturated rings. The first-order valence-electron chi connectivity index (χ1n) is 6.50. The maximum Gasteiger partial charge on any atom is 0.254 e. The summed E-state index contributed by atoms with van der Waals surface area (Å²) in [5, 5.41) is 11.5. The molecule has 1 aromatic rings. The van der Waals surface area contributed by atoms with Crippen LogP contribution in [0.1, 0.15) is 22.3 Å². The van der Waals surface area contributed by atoms with Crippen molar-refractivity contribution in [1.82, 2.24) is 4.90 Å². The van der Waals surface area contributed by atoms with E-state index in [1.165, 1.54) is 0 Å². The van der Waals surface area contributed by atoms with Crippen molar-refractivity contribution in [3.63, 3.8) is 0 Å². The molecule has 0 saturated carbocycles. The zero-order valence-electron chi connectivity index (χ0n) is 12.2. The van der Waals surface area contributed by atoms with Crippen molar-refractivity contribution < 1.29 is 14.7 Å². The lowest BCUT2D eigenvalue weighted by atomic mass is 10.1. The Kier molecular flexibility index (Phi) is 7.18. The molecule has 0 saturated heterocycles. The number of rotatable bonds is 7. The average molecular weight is 358 g/mol. The first-order valence-corrected chi connectivity index (χ1v) is 7.29. The predicted molar refractivity (Wildman–Crippen MR) is 84.7 cm³/mol. The molecule has 1 amide bonds. The smallest absolute Gasteiger partial charge is 0.254 e. The van der Waals surface area contributed by atoms with Crippen LogP contribution in [0.25, 0.3) is 0 Å². The molecule has 0 unspecified atom stereocenters. The van der Waals surface area contributed by atoms with Gasteiger partial charge in [-0.05, 0) is 30.7 Å². The summed E-state index contributed by atoms with van der Waals surface area (Å²) in [5.41, 5.74) is 6.99. The van der Waals surface area contributed by atoms with E-state index in [2.05, 4.69) is 21.1 Å². The summed E-state index contributed by atoms with van der Waals surface area (Å²) in [7, 11) is 1.58. The number of amides is 1. The molecule has 3 N–H and O–H groups in total. The van der Waals surface area contributed by atoms with Gasteiger partial charge in [0.05, 0.1) is 6.61 Å². The van der Waals surface area contributed by atoms with E-state index >= 15 is 0 Å². The number of oxime groups is 1. The molecule has 0 bridgehead atoms. The summed E-state index contributed by atoms with van der Waals surface area (Å²) in [6, 6.07) is 5.51. The number of amidine groups is 1. The van der Waals surface area contributed by atoms with Crippen molar-refractivity contribution >= 4 is 27.7 Å². The highest BCUT2D eigenvalue weighted by Gasteiger charge is 2.17. The number of nitrogens with two attached hydrogens (primary N) is 1. The van der Waals surface area contributed by atoms with Crippen LogP contribution in [0, 0.1) is 6.92 Å². The number of hydrogen-bond acceptors (Lipinski definition) is 4. The molecule has 116 valence electrons. The van der Waals surface area contributed by atoms with Crippen molar-refractivity contribution in [2.24, 2.45) is 10.9 Å². The van der Waals surface area contributed by atoms with Crippen LogP contribution in [0.15, 0.2) is 27.8 Å². The second kappa shape index (κ2) is 8.63. The summed E-state index contributed by atoms with van der Waals surface area (Å²) >= 11 is 3.38. The molecule has 0 heterocycles. The molecule has 0 spiro atoms. The third-order valence-corrected chi connectivity index (χ3v) is 3.53. The topological polar surface area (TPSA) is 88.2 Å². The Morgan fingerprint density at radius 3 is 2.76 bits per heavy atom. The summed E-state index contributed by atoms with van der Waals surface area (Å²) < 4.78 is 5.96. The molecule has 7 heteroatoms. The van der Waals surface area contributed by atoms with Crippen molar-refractivity contribution in [3.05, 3.63) is 33.8 Å². The Hall–Kier alpha value is -1.60. The van der Waals surface area contributed by atoms with Crippen LogP contribution in [0.3, 0.4) is 0 Å². The Balaban J connectivity index is 2.87. The Bertz CT molecular complexity index is 520. The molecule has 0 radical (unpaired) electrons. The normalized spacial score (nSPS) is 11.5.